The molecule has 0 aliphatic rings. The third-order valence-electron chi connectivity index (χ3n) is 3.11. The number of ether oxygens (including phenoxy) is 1. The lowest BCUT2D eigenvalue weighted by Gasteiger charge is -2.16. The van der Waals surface area contributed by atoms with Gasteiger partial charge in [0.05, 0.1) is 13.4 Å². The third kappa shape index (κ3) is 5.11. The zero-order valence-corrected chi connectivity index (χ0v) is 13.1. The Hall–Kier alpha value is -2.01. The number of benzene rings is 1. The van der Waals surface area contributed by atoms with Crippen LogP contribution in [0.25, 0.3) is 0 Å². The maximum atomic E-state index is 5.32. The number of anilines is 1. The first-order chi connectivity index (χ1) is 10.2. The van der Waals surface area contributed by atoms with Crippen molar-refractivity contribution in [3.05, 3.63) is 48.4 Å². The van der Waals surface area contributed by atoms with E-state index in [0.29, 0.717) is 5.11 Å². The molecule has 112 valence electrons. The summed E-state index contributed by atoms with van der Waals surface area (Å²) < 4.78 is 10.5. The van der Waals surface area contributed by atoms with E-state index in [9.17, 15) is 0 Å². The van der Waals surface area contributed by atoms with Gasteiger partial charge in [0.15, 0.2) is 5.11 Å². The zero-order valence-electron chi connectivity index (χ0n) is 12.3. The van der Waals surface area contributed by atoms with E-state index in [1.165, 1.54) is 0 Å². The zero-order chi connectivity index (χ0) is 15.1. The highest BCUT2D eigenvalue weighted by Crippen LogP contribution is 2.16. The van der Waals surface area contributed by atoms with Crippen molar-refractivity contribution in [3.8, 4) is 5.75 Å². The number of furan rings is 1. The Morgan fingerprint density at radius 2 is 2.19 bits per heavy atom. The van der Waals surface area contributed by atoms with Gasteiger partial charge in [0.25, 0.3) is 0 Å². The van der Waals surface area contributed by atoms with Crippen molar-refractivity contribution in [1.29, 1.82) is 0 Å². The van der Waals surface area contributed by atoms with E-state index in [-0.39, 0.29) is 6.04 Å². The summed E-state index contributed by atoms with van der Waals surface area (Å²) in [5, 5.41) is 7.03. The minimum atomic E-state index is 0.265. The fourth-order valence-corrected chi connectivity index (χ4v) is 2.30. The summed E-state index contributed by atoms with van der Waals surface area (Å²) in [5.74, 6) is 1.80. The van der Waals surface area contributed by atoms with Crippen LogP contribution in [0.1, 0.15) is 19.1 Å². The monoisotopic (exact) mass is 304 g/mol. The summed E-state index contributed by atoms with van der Waals surface area (Å²) in [5.41, 5.74) is 0.907. The summed E-state index contributed by atoms with van der Waals surface area (Å²) in [6.07, 6.45) is 3.54. The van der Waals surface area contributed by atoms with Gasteiger partial charge in [-0.15, -0.1) is 0 Å². The minimum Gasteiger partial charge on any atom is -0.497 e. The van der Waals surface area contributed by atoms with E-state index in [2.05, 4.69) is 17.6 Å². The summed E-state index contributed by atoms with van der Waals surface area (Å²) >= 11 is 5.32. The Bertz CT molecular complexity index is 569. The lowest BCUT2D eigenvalue weighted by atomic mass is 10.1. The molecule has 0 amide bonds. The average Bonchev–Trinajstić information content (AvgIpc) is 2.98. The number of hydrogen-bond acceptors (Lipinski definition) is 3. The van der Waals surface area contributed by atoms with Crippen LogP contribution in [0.5, 0.6) is 5.75 Å². The van der Waals surface area contributed by atoms with Gasteiger partial charge in [-0.05, 0) is 49.8 Å². The van der Waals surface area contributed by atoms with Crippen LogP contribution in [0, 0.1) is 0 Å². The maximum Gasteiger partial charge on any atom is 0.170 e. The average molecular weight is 304 g/mol. The molecule has 2 N–H and O–H groups in total. The summed E-state index contributed by atoms with van der Waals surface area (Å²) in [4.78, 5) is 0. The summed E-state index contributed by atoms with van der Waals surface area (Å²) in [7, 11) is 1.65. The molecule has 0 radical (unpaired) electrons. The Morgan fingerprint density at radius 3 is 2.90 bits per heavy atom. The SMILES string of the molecule is COc1cccc(NC(=S)N[C@H](C)CCc2ccco2)c1. The second-order valence-electron chi connectivity index (χ2n) is 4.85. The van der Waals surface area contributed by atoms with Crippen LogP contribution in [0.4, 0.5) is 5.69 Å². The van der Waals surface area contributed by atoms with Crippen LogP contribution in [0.3, 0.4) is 0 Å². The van der Waals surface area contributed by atoms with Crippen molar-refractivity contribution >= 4 is 23.0 Å². The van der Waals surface area contributed by atoms with E-state index in [4.69, 9.17) is 21.4 Å². The molecule has 0 spiro atoms. The number of methoxy groups -OCH3 is 1. The Kier molecular flexibility index (Phi) is 5.63. The molecule has 5 heteroatoms. The third-order valence-corrected chi connectivity index (χ3v) is 3.33. The van der Waals surface area contributed by atoms with E-state index >= 15 is 0 Å². The predicted molar refractivity (Wildman–Crippen MR) is 88.8 cm³/mol. The predicted octanol–water partition coefficient (Wildman–Crippen LogP) is 3.60. The topological polar surface area (TPSA) is 46.4 Å². The van der Waals surface area contributed by atoms with Crippen LogP contribution in [-0.4, -0.2) is 18.3 Å². The smallest absolute Gasteiger partial charge is 0.170 e. The highest BCUT2D eigenvalue weighted by molar-refractivity contribution is 7.80. The number of rotatable bonds is 6. The van der Waals surface area contributed by atoms with Gasteiger partial charge in [-0.1, -0.05) is 6.07 Å². The molecule has 0 unspecified atom stereocenters. The minimum absolute atomic E-state index is 0.265. The van der Waals surface area contributed by atoms with Crippen molar-refractivity contribution in [3.63, 3.8) is 0 Å². The molecule has 1 atom stereocenters. The fraction of sp³-hybridized carbons (Fsp3) is 0.312. The first kappa shape index (κ1) is 15.4. The van der Waals surface area contributed by atoms with Gasteiger partial charge >= 0.3 is 0 Å². The molecular formula is C16H20N2O2S. The molecule has 21 heavy (non-hydrogen) atoms. The fourth-order valence-electron chi connectivity index (χ4n) is 1.98. The maximum absolute atomic E-state index is 5.32. The van der Waals surface area contributed by atoms with E-state index < -0.39 is 0 Å². The Balaban J connectivity index is 1.77. The van der Waals surface area contributed by atoms with Gasteiger partial charge in [0.2, 0.25) is 0 Å². The first-order valence-electron chi connectivity index (χ1n) is 6.91. The number of hydrogen-bond donors (Lipinski definition) is 2. The van der Waals surface area contributed by atoms with Crippen LogP contribution in [0.2, 0.25) is 0 Å². The normalized spacial score (nSPS) is 11.7. The highest BCUT2D eigenvalue weighted by Gasteiger charge is 2.06. The van der Waals surface area contributed by atoms with E-state index in [1.54, 1.807) is 13.4 Å². The van der Waals surface area contributed by atoms with Crippen LogP contribution in [-0.2, 0) is 6.42 Å². The summed E-state index contributed by atoms with van der Waals surface area (Å²) in [6, 6.07) is 11.8. The number of aryl methyl sites for hydroxylation is 1. The van der Waals surface area contributed by atoms with Crippen LogP contribution < -0.4 is 15.4 Å². The number of thiocarbonyl (C=S) groups is 1. The van der Waals surface area contributed by atoms with Crippen molar-refractivity contribution in [2.24, 2.45) is 0 Å². The second-order valence-corrected chi connectivity index (χ2v) is 5.26. The van der Waals surface area contributed by atoms with E-state index in [1.807, 2.05) is 36.4 Å². The molecule has 0 saturated carbocycles. The molecule has 1 aromatic heterocycles. The van der Waals surface area contributed by atoms with Crippen molar-refractivity contribution in [1.82, 2.24) is 5.32 Å². The quantitative estimate of drug-likeness (QED) is 0.799. The molecule has 4 nitrogen and oxygen atoms in total. The Labute approximate surface area is 130 Å². The molecule has 2 aromatic rings. The summed E-state index contributed by atoms with van der Waals surface area (Å²) in [6.45, 7) is 2.10. The molecule has 0 saturated heterocycles. The molecule has 1 heterocycles. The Morgan fingerprint density at radius 1 is 1.33 bits per heavy atom. The van der Waals surface area contributed by atoms with Crippen LogP contribution in [0.15, 0.2) is 47.1 Å². The first-order valence-corrected chi connectivity index (χ1v) is 7.32. The van der Waals surface area contributed by atoms with Gasteiger partial charge in [0.1, 0.15) is 11.5 Å². The molecule has 1 aromatic carbocycles. The standard InChI is InChI=1S/C16H20N2O2S/c1-12(8-9-14-7-4-10-20-14)17-16(21)18-13-5-3-6-15(11-13)19-2/h3-7,10-12H,8-9H2,1-2H3,(H2,17,18,21)/t12-/m1/s1. The van der Waals surface area contributed by atoms with Gasteiger partial charge in [0, 0.05) is 24.2 Å². The molecular weight excluding hydrogens is 284 g/mol. The number of nitrogens with one attached hydrogen (secondary N) is 2. The largest absolute Gasteiger partial charge is 0.497 e. The molecule has 0 aliphatic heterocycles. The second kappa shape index (κ2) is 7.69. The lowest BCUT2D eigenvalue weighted by Crippen LogP contribution is -2.36. The van der Waals surface area contributed by atoms with Crippen molar-refractivity contribution in [2.45, 2.75) is 25.8 Å². The van der Waals surface area contributed by atoms with Gasteiger partial charge in [-0.3, -0.25) is 0 Å². The van der Waals surface area contributed by atoms with Gasteiger partial charge in [-0.2, -0.15) is 0 Å². The van der Waals surface area contributed by atoms with E-state index in [0.717, 1.165) is 30.0 Å². The molecule has 0 aliphatic carbocycles. The van der Waals surface area contributed by atoms with Crippen molar-refractivity contribution in [2.75, 3.05) is 12.4 Å². The highest BCUT2D eigenvalue weighted by atomic mass is 32.1. The molecule has 2 rings (SSSR count). The molecule has 0 fully saturated rings. The van der Waals surface area contributed by atoms with Gasteiger partial charge < -0.3 is 19.8 Å². The van der Waals surface area contributed by atoms with Crippen molar-refractivity contribution < 1.29 is 9.15 Å². The van der Waals surface area contributed by atoms with Crippen LogP contribution >= 0.6 is 12.2 Å². The lowest BCUT2D eigenvalue weighted by molar-refractivity contribution is 0.415. The van der Waals surface area contributed by atoms with Gasteiger partial charge in [-0.25, -0.2) is 0 Å². The molecule has 0 bridgehead atoms.